The predicted octanol–water partition coefficient (Wildman–Crippen LogP) is 4.85. The number of ether oxygens (including phenoxy) is 2. The Hall–Kier alpha value is -2.73. The molecule has 0 amide bonds. The quantitative estimate of drug-likeness (QED) is 0.637. The second kappa shape index (κ2) is 7.03. The summed E-state index contributed by atoms with van der Waals surface area (Å²) in [7, 11) is 1.56. The number of aromatic nitrogens is 1. The van der Waals surface area contributed by atoms with Crippen molar-refractivity contribution in [3.8, 4) is 17.4 Å². The molecule has 0 aliphatic rings. The van der Waals surface area contributed by atoms with Crippen molar-refractivity contribution in [1.29, 1.82) is 0 Å². The number of hydrogen-bond acceptors (Lipinski definition) is 5. The first-order valence-corrected chi connectivity index (χ1v) is 8.11. The number of hydrogen-bond donors (Lipinski definition) is 1. The molecule has 3 aromatic rings. The van der Waals surface area contributed by atoms with Gasteiger partial charge < -0.3 is 19.1 Å². The number of nitroso groups, excluding NO2 is 1. The van der Waals surface area contributed by atoms with E-state index >= 15 is 0 Å². The minimum Gasteiger partial charge on any atom is -0.493 e. The third-order valence-corrected chi connectivity index (χ3v) is 4.24. The molecular formula is C18H17ClN2O4. The van der Waals surface area contributed by atoms with Crippen LogP contribution in [0.5, 0.6) is 17.4 Å². The van der Waals surface area contributed by atoms with Crippen molar-refractivity contribution >= 4 is 28.2 Å². The van der Waals surface area contributed by atoms with Gasteiger partial charge in [0.2, 0.25) is 5.88 Å². The number of methoxy groups -OCH3 is 1. The molecule has 7 heteroatoms. The van der Waals surface area contributed by atoms with Gasteiger partial charge in [0, 0.05) is 5.39 Å². The fraction of sp³-hybridized carbons (Fsp3) is 0.222. The Morgan fingerprint density at radius 2 is 2.04 bits per heavy atom. The first-order valence-electron chi connectivity index (χ1n) is 7.73. The lowest BCUT2D eigenvalue weighted by atomic mass is 10.2. The molecule has 0 bridgehead atoms. The van der Waals surface area contributed by atoms with Crippen LogP contribution in [0.3, 0.4) is 0 Å². The van der Waals surface area contributed by atoms with Crippen LogP contribution in [0.4, 0.5) is 5.69 Å². The van der Waals surface area contributed by atoms with Crippen LogP contribution in [0.15, 0.2) is 41.6 Å². The summed E-state index contributed by atoms with van der Waals surface area (Å²) >= 11 is 6.28. The van der Waals surface area contributed by atoms with Crippen molar-refractivity contribution in [1.82, 2.24) is 4.57 Å². The topological polar surface area (TPSA) is 73.0 Å². The van der Waals surface area contributed by atoms with Gasteiger partial charge in [0.1, 0.15) is 0 Å². The average molecular weight is 361 g/mol. The Kier molecular flexibility index (Phi) is 4.81. The molecule has 0 atom stereocenters. The van der Waals surface area contributed by atoms with E-state index in [1.165, 1.54) is 0 Å². The minimum atomic E-state index is -0.217. The third kappa shape index (κ3) is 3.00. The number of aromatic hydroxyl groups is 1. The Labute approximate surface area is 149 Å². The van der Waals surface area contributed by atoms with E-state index in [1.54, 1.807) is 35.9 Å². The number of para-hydroxylation sites is 1. The van der Waals surface area contributed by atoms with Gasteiger partial charge in [-0.25, -0.2) is 0 Å². The van der Waals surface area contributed by atoms with Crippen LogP contribution in [0.1, 0.15) is 12.5 Å². The van der Waals surface area contributed by atoms with Gasteiger partial charge >= 0.3 is 0 Å². The fourth-order valence-corrected chi connectivity index (χ4v) is 3.12. The summed E-state index contributed by atoms with van der Waals surface area (Å²) in [6.07, 6.45) is 0. The van der Waals surface area contributed by atoms with Gasteiger partial charge in [-0.1, -0.05) is 29.8 Å². The lowest BCUT2D eigenvalue weighted by Gasteiger charge is -2.12. The fourth-order valence-electron chi connectivity index (χ4n) is 2.85. The number of halogens is 1. The highest BCUT2D eigenvalue weighted by molar-refractivity contribution is 6.35. The molecule has 2 aromatic carbocycles. The van der Waals surface area contributed by atoms with Crippen molar-refractivity contribution in [3.05, 3.63) is 51.9 Å². The van der Waals surface area contributed by atoms with Crippen molar-refractivity contribution in [3.63, 3.8) is 0 Å². The van der Waals surface area contributed by atoms with E-state index in [4.69, 9.17) is 21.1 Å². The molecule has 0 spiro atoms. The number of nitrogens with zero attached hydrogens (tertiary/aromatic N) is 2. The van der Waals surface area contributed by atoms with E-state index in [1.807, 2.05) is 19.1 Å². The normalized spacial score (nSPS) is 10.8. The summed E-state index contributed by atoms with van der Waals surface area (Å²) in [5.41, 5.74) is 1.39. The smallest absolute Gasteiger partial charge is 0.222 e. The van der Waals surface area contributed by atoms with Crippen molar-refractivity contribution < 1.29 is 14.6 Å². The Morgan fingerprint density at radius 1 is 1.24 bits per heavy atom. The molecule has 130 valence electrons. The monoisotopic (exact) mass is 360 g/mol. The van der Waals surface area contributed by atoms with E-state index in [-0.39, 0.29) is 11.6 Å². The molecule has 6 nitrogen and oxygen atoms in total. The molecular weight excluding hydrogens is 344 g/mol. The van der Waals surface area contributed by atoms with E-state index in [2.05, 4.69) is 5.18 Å². The van der Waals surface area contributed by atoms with Gasteiger partial charge in [0.15, 0.2) is 17.2 Å². The predicted molar refractivity (Wildman–Crippen MR) is 97.3 cm³/mol. The highest BCUT2D eigenvalue weighted by atomic mass is 35.5. The first-order chi connectivity index (χ1) is 12.1. The number of fused-ring (bicyclic) bond motifs is 1. The Balaban J connectivity index is 2.09. The summed E-state index contributed by atoms with van der Waals surface area (Å²) in [5, 5.41) is 14.3. The van der Waals surface area contributed by atoms with E-state index in [9.17, 15) is 10.0 Å². The Morgan fingerprint density at radius 3 is 2.72 bits per heavy atom. The second-order valence-electron chi connectivity index (χ2n) is 5.40. The van der Waals surface area contributed by atoms with Crippen LogP contribution in [-0.2, 0) is 6.54 Å². The molecule has 0 unspecified atom stereocenters. The highest BCUT2D eigenvalue weighted by Crippen LogP contribution is 2.42. The van der Waals surface area contributed by atoms with Gasteiger partial charge in [0.05, 0.1) is 30.8 Å². The van der Waals surface area contributed by atoms with E-state index in [0.717, 1.165) is 5.56 Å². The van der Waals surface area contributed by atoms with Gasteiger partial charge in [-0.2, -0.15) is 0 Å². The average Bonchev–Trinajstić information content (AvgIpc) is 2.89. The molecule has 0 aliphatic carbocycles. The molecule has 0 radical (unpaired) electrons. The Bertz CT molecular complexity index is 936. The maximum Gasteiger partial charge on any atom is 0.222 e. The van der Waals surface area contributed by atoms with Gasteiger partial charge in [-0.05, 0) is 35.9 Å². The summed E-state index contributed by atoms with van der Waals surface area (Å²) in [5.74, 6) is 1.02. The maximum absolute atomic E-state index is 11.1. The SMILES string of the molecule is CCOc1ccc(Cn2c(O)c(N=O)c3cccc(Cl)c32)cc1OC. The second-order valence-corrected chi connectivity index (χ2v) is 5.81. The zero-order valence-corrected chi connectivity index (χ0v) is 14.6. The van der Waals surface area contributed by atoms with Crippen molar-refractivity contribution in [2.75, 3.05) is 13.7 Å². The van der Waals surface area contributed by atoms with Crippen molar-refractivity contribution in [2.24, 2.45) is 5.18 Å². The molecule has 25 heavy (non-hydrogen) atoms. The van der Waals surface area contributed by atoms with E-state index < -0.39 is 0 Å². The molecule has 0 fully saturated rings. The largest absolute Gasteiger partial charge is 0.493 e. The zero-order valence-electron chi connectivity index (χ0n) is 13.8. The summed E-state index contributed by atoms with van der Waals surface area (Å²) in [6.45, 7) is 2.72. The number of benzene rings is 2. The lowest BCUT2D eigenvalue weighted by Crippen LogP contribution is -2.01. The van der Waals surface area contributed by atoms with Crippen LogP contribution in [-0.4, -0.2) is 23.4 Å². The van der Waals surface area contributed by atoms with Gasteiger partial charge in [-0.15, -0.1) is 4.91 Å². The minimum absolute atomic E-state index is 0.0181. The van der Waals surface area contributed by atoms with Crippen molar-refractivity contribution in [2.45, 2.75) is 13.5 Å². The first kappa shape index (κ1) is 17.1. The molecule has 1 aromatic heterocycles. The summed E-state index contributed by atoms with van der Waals surface area (Å²) < 4.78 is 12.4. The van der Waals surface area contributed by atoms with Crippen LogP contribution < -0.4 is 9.47 Å². The molecule has 1 heterocycles. The molecule has 0 aliphatic heterocycles. The number of rotatable bonds is 6. The zero-order chi connectivity index (χ0) is 18.0. The highest BCUT2D eigenvalue weighted by Gasteiger charge is 2.20. The van der Waals surface area contributed by atoms with Crippen LogP contribution >= 0.6 is 11.6 Å². The van der Waals surface area contributed by atoms with Crippen LogP contribution in [0, 0.1) is 4.91 Å². The van der Waals surface area contributed by atoms with E-state index in [0.29, 0.717) is 40.6 Å². The third-order valence-electron chi connectivity index (χ3n) is 3.94. The van der Waals surface area contributed by atoms with Crippen LogP contribution in [0.2, 0.25) is 5.02 Å². The van der Waals surface area contributed by atoms with Gasteiger partial charge in [0.25, 0.3) is 0 Å². The summed E-state index contributed by atoms with van der Waals surface area (Å²) in [6, 6.07) is 10.6. The van der Waals surface area contributed by atoms with Crippen LogP contribution in [0.25, 0.3) is 10.9 Å². The molecule has 3 rings (SSSR count). The molecule has 1 N–H and O–H groups in total. The standard InChI is InChI=1S/C18H17ClN2O4/c1-3-25-14-8-7-11(9-15(14)24-2)10-21-17-12(5-4-6-13(17)19)16(20-23)18(21)22/h4-9,22H,3,10H2,1-2H3. The lowest BCUT2D eigenvalue weighted by molar-refractivity contribution is 0.310. The molecule has 0 saturated carbocycles. The molecule has 0 saturated heterocycles. The maximum atomic E-state index is 11.1. The van der Waals surface area contributed by atoms with Gasteiger partial charge in [-0.3, -0.25) is 0 Å². The summed E-state index contributed by atoms with van der Waals surface area (Å²) in [4.78, 5) is 11.1.